The van der Waals surface area contributed by atoms with Crippen LogP contribution in [0.4, 0.5) is 13.6 Å². The molecule has 1 fully saturated rings. The lowest BCUT2D eigenvalue weighted by molar-refractivity contribution is -0.203. The predicted octanol–water partition coefficient (Wildman–Crippen LogP) is 5.72. The third-order valence-corrected chi connectivity index (χ3v) is 8.96. The van der Waals surface area contributed by atoms with Crippen LogP contribution < -0.4 is 0 Å². The number of benzene rings is 1. The summed E-state index contributed by atoms with van der Waals surface area (Å²) in [6.45, 7) is 13.5. The van der Waals surface area contributed by atoms with Gasteiger partial charge in [0.1, 0.15) is 10.3 Å². The summed E-state index contributed by atoms with van der Waals surface area (Å²) in [5.41, 5.74) is -0.411. The van der Waals surface area contributed by atoms with E-state index in [4.69, 9.17) is 14.3 Å². The van der Waals surface area contributed by atoms with Gasteiger partial charge in [-0.15, -0.1) is 5.06 Å². The second kappa shape index (κ2) is 9.82. The fourth-order valence-corrected chi connectivity index (χ4v) is 5.91. The Bertz CT molecular complexity index is 1010. The SMILES string of the molecule is CC(C)(C)OC(=O)N(COCC[Si](C)(C)C)OC(=O)C12CC1C(C)(c1cccc(F)c1F)N=CS2. The summed E-state index contributed by atoms with van der Waals surface area (Å²) < 4.78 is 38.5. The van der Waals surface area contributed by atoms with Gasteiger partial charge in [-0.2, -0.15) is 0 Å². The molecule has 1 saturated carbocycles. The van der Waals surface area contributed by atoms with Crippen molar-refractivity contribution in [3.8, 4) is 0 Å². The van der Waals surface area contributed by atoms with Crippen molar-refractivity contribution in [2.24, 2.45) is 10.9 Å². The first-order valence-corrected chi connectivity index (χ1v) is 16.1. The molecule has 11 heteroatoms. The topological polar surface area (TPSA) is 77.4 Å². The van der Waals surface area contributed by atoms with Gasteiger partial charge in [0.25, 0.3) is 0 Å². The van der Waals surface area contributed by atoms with Crippen molar-refractivity contribution in [2.75, 3.05) is 13.3 Å². The van der Waals surface area contributed by atoms with Crippen LogP contribution in [-0.2, 0) is 24.6 Å². The molecule has 1 aromatic rings. The number of halogens is 2. The van der Waals surface area contributed by atoms with E-state index in [1.807, 2.05) is 0 Å². The van der Waals surface area contributed by atoms with Crippen molar-refractivity contribution >= 4 is 37.4 Å². The highest BCUT2D eigenvalue weighted by atomic mass is 32.2. The molecule has 0 N–H and O–H groups in total. The molecular formula is C24H34F2N2O5SSi. The number of rotatable bonds is 7. The largest absolute Gasteiger partial charge is 0.446 e. The highest BCUT2D eigenvalue weighted by Gasteiger charge is 2.71. The third kappa shape index (κ3) is 6.24. The number of fused-ring (bicyclic) bond motifs is 1. The number of hydroxylamine groups is 2. The van der Waals surface area contributed by atoms with Gasteiger partial charge in [-0.25, -0.2) is 18.4 Å². The van der Waals surface area contributed by atoms with Crippen LogP contribution in [0, 0.1) is 17.6 Å². The molecule has 194 valence electrons. The van der Waals surface area contributed by atoms with Crippen molar-refractivity contribution in [1.29, 1.82) is 0 Å². The van der Waals surface area contributed by atoms with E-state index in [0.717, 1.165) is 28.9 Å². The van der Waals surface area contributed by atoms with Crippen molar-refractivity contribution in [2.45, 2.75) is 75.7 Å². The van der Waals surface area contributed by atoms with Crippen LogP contribution in [0.15, 0.2) is 23.2 Å². The molecule has 7 nitrogen and oxygen atoms in total. The first kappa shape index (κ1) is 27.6. The molecule has 2 aliphatic rings. The average Bonchev–Trinajstić information content (AvgIpc) is 3.48. The van der Waals surface area contributed by atoms with Crippen molar-refractivity contribution < 1.29 is 32.7 Å². The van der Waals surface area contributed by atoms with Gasteiger partial charge in [0, 0.05) is 26.2 Å². The normalized spacial score (nSPS) is 25.6. The number of carbonyl (C=O) groups excluding carboxylic acids is 2. The molecule has 1 aromatic carbocycles. The second-order valence-electron chi connectivity index (χ2n) is 11.3. The summed E-state index contributed by atoms with van der Waals surface area (Å²) in [6, 6.07) is 4.80. The Morgan fingerprint density at radius 1 is 1.26 bits per heavy atom. The molecule has 1 heterocycles. The minimum absolute atomic E-state index is 0.0763. The highest BCUT2D eigenvalue weighted by molar-refractivity contribution is 8.14. The molecule has 1 aliphatic carbocycles. The Kier molecular flexibility index (Phi) is 7.74. The highest BCUT2D eigenvalue weighted by Crippen LogP contribution is 2.65. The zero-order chi connectivity index (χ0) is 26.2. The fourth-order valence-electron chi connectivity index (χ4n) is 3.91. The minimum atomic E-state index is -1.36. The zero-order valence-electron chi connectivity index (χ0n) is 21.3. The van der Waals surface area contributed by atoms with Crippen LogP contribution in [-0.4, -0.2) is 54.4 Å². The molecule has 1 aliphatic heterocycles. The first-order valence-electron chi connectivity index (χ1n) is 11.6. The molecule has 0 radical (unpaired) electrons. The van der Waals surface area contributed by atoms with Crippen LogP contribution in [0.1, 0.15) is 39.7 Å². The van der Waals surface area contributed by atoms with Crippen molar-refractivity contribution in [3.63, 3.8) is 0 Å². The average molecular weight is 529 g/mol. The minimum Gasteiger partial charge on any atom is -0.442 e. The van der Waals surface area contributed by atoms with Crippen LogP contribution in [0.2, 0.25) is 25.7 Å². The van der Waals surface area contributed by atoms with E-state index >= 15 is 0 Å². The smallest absolute Gasteiger partial charge is 0.442 e. The Morgan fingerprint density at radius 3 is 2.57 bits per heavy atom. The van der Waals surface area contributed by atoms with Crippen LogP contribution in [0.5, 0.6) is 0 Å². The number of hydrogen-bond donors (Lipinski definition) is 0. The van der Waals surface area contributed by atoms with Gasteiger partial charge in [-0.3, -0.25) is 4.99 Å². The van der Waals surface area contributed by atoms with Crippen LogP contribution in [0.3, 0.4) is 0 Å². The molecular weight excluding hydrogens is 494 g/mol. The molecule has 0 aromatic heterocycles. The number of aliphatic imine (C=N–C) groups is 1. The van der Waals surface area contributed by atoms with Gasteiger partial charge in [-0.1, -0.05) is 43.5 Å². The molecule has 0 spiro atoms. The molecule has 1 amide bonds. The summed E-state index contributed by atoms with van der Waals surface area (Å²) in [7, 11) is -1.36. The second-order valence-corrected chi connectivity index (χ2v) is 18.1. The maximum atomic E-state index is 14.6. The van der Waals surface area contributed by atoms with Crippen molar-refractivity contribution in [1.82, 2.24) is 5.06 Å². The molecule has 0 bridgehead atoms. The summed E-state index contributed by atoms with van der Waals surface area (Å²) in [4.78, 5) is 36.0. The van der Waals surface area contributed by atoms with Gasteiger partial charge >= 0.3 is 12.1 Å². The predicted molar refractivity (Wildman–Crippen MR) is 134 cm³/mol. The number of ether oxygens (including phenoxy) is 2. The summed E-state index contributed by atoms with van der Waals surface area (Å²) in [5.74, 6) is -3.08. The Hall–Kier alpha value is -1.98. The number of nitrogens with zero attached hydrogens (tertiary/aromatic N) is 2. The lowest BCUT2D eigenvalue weighted by Crippen LogP contribution is -2.44. The van der Waals surface area contributed by atoms with Crippen LogP contribution >= 0.6 is 11.8 Å². The Morgan fingerprint density at radius 2 is 1.94 bits per heavy atom. The summed E-state index contributed by atoms with van der Waals surface area (Å²) >= 11 is 1.16. The zero-order valence-corrected chi connectivity index (χ0v) is 23.1. The summed E-state index contributed by atoms with van der Waals surface area (Å²) in [5, 5.41) is 0.786. The summed E-state index contributed by atoms with van der Waals surface area (Å²) in [6.07, 6.45) is -0.512. The molecule has 35 heavy (non-hydrogen) atoms. The quantitative estimate of drug-likeness (QED) is 0.195. The number of carbonyl (C=O) groups is 2. The van der Waals surface area contributed by atoms with E-state index in [1.54, 1.807) is 27.7 Å². The monoisotopic (exact) mass is 528 g/mol. The standard InChI is InChI=1S/C24H34F2N2O5SSi/c1-22(2,3)32-21(30)28(15-31-11-12-35(5,6)7)33-20(29)24-13-18(24)23(4,27-14-34-24)16-9-8-10-17(25)19(16)26/h8-10,14,18H,11-13,15H2,1-7H3. The van der Waals surface area contributed by atoms with Crippen LogP contribution in [0.25, 0.3) is 0 Å². The van der Waals surface area contributed by atoms with E-state index in [1.165, 1.54) is 17.7 Å². The number of amides is 1. The molecule has 3 rings (SSSR count). The lowest BCUT2D eigenvalue weighted by Gasteiger charge is -2.32. The maximum Gasteiger partial charge on any atom is 0.446 e. The van der Waals surface area contributed by atoms with E-state index in [9.17, 15) is 18.4 Å². The van der Waals surface area contributed by atoms with E-state index < -0.39 is 53.6 Å². The van der Waals surface area contributed by atoms with Gasteiger partial charge in [-0.05, 0) is 46.2 Å². The lowest BCUT2D eigenvalue weighted by atomic mass is 9.85. The van der Waals surface area contributed by atoms with E-state index in [2.05, 4.69) is 24.6 Å². The van der Waals surface area contributed by atoms with Gasteiger partial charge in [0.15, 0.2) is 18.4 Å². The first-order chi connectivity index (χ1) is 16.1. The Balaban J connectivity index is 1.76. The molecule has 0 saturated heterocycles. The van der Waals surface area contributed by atoms with E-state index in [-0.39, 0.29) is 12.3 Å². The van der Waals surface area contributed by atoms with Crippen molar-refractivity contribution in [3.05, 3.63) is 35.4 Å². The third-order valence-electron chi connectivity index (χ3n) is 6.01. The molecule has 3 unspecified atom stereocenters. The number of thioether (sulfide) groups is 1. The van der Waals surface area contributed by atoms with Gasteiger partial charge < -0.3 is 14.3 Å². The Labute approximate surface area is 210 Å². The van der Waals surface area contributed by atoms with Gasteiger partial charge in [0.05, 0.1) is 11.1 Å². The fraction of sp³-hybridized carbons (Fsp3) is 0.625. The van der Waals surface area contributed by atoms with Gasteiger partial charge in [0.2, 0.25) is 0 Å². The number of hydrogen-bond acceptors (Lipinski definition) is 7. The molecule has 3 atom stereocenters. The maximum absolute atomic E-state index is 14.6. The van der Waals surface area contributed by atoms with E-state index in [0.29, 0.717) is 13.0 Å².